The van der Waals surface area contributed by atoms with Gasteiger partial charge in [0, 0.05) is 5.88 Å². The smallest absolute Gasteiger partial charge is 0.204 e. The average Bonchev–Trinajstić information content (AvgIpc) is 2.28. The SMILES string of the molecule is COc1cc(CCl)c(Br)c(OC)c1OC. The van der Waals surface area contributed by atoms with Crippen LogP contribution in [0.4, 0.5) is 0 Å². The summed E-state index contributed by atoms with van der Waals surface area (Å²) in [5.41, 5.74) is 0.895. The Morgan fingerprint density at radius 3 is 2.13 bits per heavy atom. The molecule has 0 aliphatic rings. The van der Waals surface area contributed by atoms with Gasteiger partial charge in [-0.2, -0.15) is 0 Å². The summed E-state index contributed by atoms with van der Waals surface area (Å²) in [6, 6.07) is 1.82. The molecule has 0 amide bonds. The minimum Gasteiger partial charge on any atom is -0.493 e. The predicted molar refractivity (Wildman–Crippen MR) is 63.4 cm³/mol. The first-order chi connectivity index (χ1) is 7.19. The van der Waals surface area contributed by atoms with Gasteiger partial charge in [-0.05, 0) is 27.6 Å². The van der Waals surface area contributed by atoms with Crippen LogP contribution in [0.3, 0.4) is 0 Å². The Bertz CT molecular complexity index is 355. The number of benzene rings is 1. The van der Waals surface area contributed by atoms with Crippen LogP contribution >= 0.6 is 27.5 Å². The molecule has 0 N–H and O–H groups in total. The summed E-state index contributed by atoms with van der Waals surface area (Å²) in [6.45, 7) is 0. The van der Waals surface area contributed by atoms with Gasteiger partial charge in [0.2, 0.25) is 5.75 Å². The van der Waals surface area contributed by atoms with Gasteiger partial charge in [-0.25, -0.2) is 0 Å². The maximum absolute atomic E-state index is 5.80. The van der Waals surface area contributed by atoms with E-state index in [0.29, 0.717) is 23.1 Å². The molecule has 1 aromatic rings. The van der Waals surface area contributed by atoms with Crippen LogP contribution in [0.25, 0.3) is 0 Å². The molecule has 0 fully saturated rings. The number of methoxy groups -OCH3 is 3. The zero-order valence-corrected chi connectivity index (χ0v) is 11.1. The number of alkyl halides is 1. The van der Waals surface area contributed by atoms with Crippen LogP contribution < -0.4 is 14.2 Å². The molecule has 84 valence electrons. The number of hydrogen-bond donors (Lipinski definition) is 0. The first-order valence-corrected chi connectivity index (χ1v) is 5.55. The van der Waals surface area contributed by atoms with E-state index in [2.05, 4.69) is 15.9 Å². The number of hydrogen-bond acceptors (Lipinski definition) is 3. The van der Waals surface area contributed by atoms with Crippen molar-refractivity contribution < 1.29 is 14.2 Å². The highest BCUT2D eigenvalue weighted by Gasteiger charge is 2.18. The van der Waals surface area contributed by atoms with Gasteiger partial charge in [0.25, 0.3) is 0 Å². The summed E-state index contributed by atoms with van der Waals surface area (Å²) in [5, 5.41) is 0. The third-order valence-electron chi connectivity index (χ3n) is 1.99. The first kappa shape index (κ1) is 12.5. The molecule has 1 aromatic carbocycles. The molecule has 15 heavy (non-hydrogen) atoms. The summed E-state index contributed by atoms with van der Waals surface area (Å²) in [4.78, 5) is 0. The highest BCUT2D eigenvalue weighted by molar-refractivity contribution is 9.10. The molecular weight excluding hydrogens is 283 g/mol. The van der Waals surface area contributed by atoms with Crippen LogP contribution in [-0.2, 0) is 5.88 Å². The monoisotopic (exact) mass is 294 g/mol. The average molecular weight is 296 g/mol. The molecule has 1 rings (SSSR count). The minimum absolute atomic E-state index is 0.372. The molecule has 0 heterocycles. The van der Waals surface area contributed by atoms with E-state index in [1.165, 1.54) is 0 Å². The van der Waals surface area contributed by atoms with Gasteiger partial charge < -0.3 is 14.2 Å². The molecule has 0 radical (unpaired) electrons. The fraction of sp³-hybridized carbons (Fsp3) is 0.400. The molecule has 0 atom stereocenters. The number of ether oxygens (including phenoxy) is 3. The van der Waals surface area contributed by atoms with Crippen LogP contribution in [-0.4, -0.2) is 21.3 Å². The second-order valence-corrected chi connectivity index (χ2v) is 3.81. The van der Waals surface area contributed by atoms with E-state index in [1.54, 1.807) is 21.3 Å². The zero-order chi connectivity index (χ0) is 11.4. The second-order valence-electron chi connectivity index (χ2n) is 2.75. The van der Waals surface area contributed by atoms with Crippen molar-refractivity contribution in [3.8, 4) is 17.2 Å². The van der Waals surface area contributed by atoms with Crippen LogP contribution in [0, 0.1) is 0 Å². The Hall–Kier alpha value is -0.610. The van der Waals surface area contributed by atoms with Gasteiger partial charge in [0.05, 0.1) is 25.8 Å². The maximum Gasteiger partial charge on any atom is 0.204 e. The van der Waals surface area contributed by atoms with E-state index in [-0.39, 0.29) is 0 Å². The van der Waals surface area contributed by atoms with Crippen molar-refractivity contribution in [3.05, 3.63) is 16.1 Å². The summed E-state index contributed by atoms with van der Waals surface area (Å²) in [6.07, 6.45) is 0. The van der Waals surface area contributed by atoms with E-state index >= 15 is 0 Å². The van der Waals surface area contributed by atoms with Gasteiger partial charge in [0.1, 0.15) is 0 Å². The number of rotatable bonds is 4. The van der Waals surface area contributed by atoms with Crippen molar-refractivity contribution in [1.29, 1.82) is 0 Å². The lowest BCUT2D eigenvalue weighted by Crippen LogP contribution is -1.98. The van der Waals surface area contributed by atoms with Crippen molar-refractivity contribution in [2.24, 2.45) is 0 Å². The highest BCUT2D eigenvalue weighted by Crippen LogP contribution is 2.44. The van der Waals surface area contributed by atoms with Crippen molar-refractivity contribution in [1.82, 2.24) is 0 Å². The van der Waals surface area contributed by atoms with Gasteiger partial charge in [0.15, 0.2) is 11.5 Å². The lowest BCUT2D eigenvalue weighted by atomic mass is 10.2. The van der Waals surface area contributed by atoms with Crippen LogP contribution in [0.2, 0.25) is 0 Å². The summed E-state index contributed by atoms with van der Waals surface area (Å²) in [7, 11) is 4.70. The van der Waals surface area contributed by atoms with E-state index < -0.39 is 0 Å². The normalized spacial score (nSPS) is 9.93. The van der Waals surface area contributed by atoms with Crippen molar-refractivity contribution in [3.63, 3.8) is 0 Å². The molecule has 0 bridgehead atoms. The Balaban J connectivity index is 3.43. The largest absolute Gasteiger partial charge is 0.493 e. The molecule has 5 heteroatoms. The lowest BCUT2D eigenvalue weighted by Gasteiger charge is -2.15. The van der Waals surface area contributed by atoms with Gasteiger partial charge in [-0.15, -0.1) is 11.6 Å². The molecule has 0 spiro atoms. The van der Waals surface area contributed by atoms with Crippen molar-refractivity contribution in [2.75, 3.05) is 21.3 Å². The first-order valence-electron chi connectivity index (χ1n) is 4.22. The van der Waals surface area contributed by atoms with Crippen LogP contribution in [0.1, 0.15) is 5.56 Å². The van der Waals surface area contributed by atoms with Crippen molar-refractivity contribution >= 4 is 27.5 Å². The Morgan fingerprint density at radius 2 is 1.73 bits per heavy atom. The standard InChI is InChI=1S/C10H12BrClO3/c1-13-7-4-6(5-12)8(11)10(15-3)9(7)14-2/h4H,5H2,1-3H3. The quantitative estimate of drug-likeness (QED) is 0.798. The minimum atomic E-state index is 0.372. The van der Waals surface area contributed by atoms with Gasteiger partial charge >= 0.3 is 0 Å². The van der Waals surface area contributed by atoms with Crippen LogP contribution in [0.5, 0.6) is 17.2 Å². The molecule has 3 nitrogen and oxygen atoms in total. The fourth-order valence-corrected chi connectivity index (χ4v) is 2.24. The predicted octanol–water partition coefficient (Wildman–Crippen LogP) is 3.21. The molecule has 0 aliphatic heterocycles. The van der Waals surface area contributed by atoms with E-state index in [9.17, 15) is 0 Å². The fourth-order valence-electron chi connectivity index (χ4n) is 1.27. The van der Waals surface area contributed by atoms with E-state index in [4.69, 9.17) is 25.8 Å². The summed E-state index contributed by atoms with van der Waals surface area (Å²) < 4.78 is 16.4. The summed E-state index contributed by atoms with van der Waals surface area (Å²) >= 11 is 9.22. The molecular formula is C10H12BrClO3. The van der Waals surface area contributed by atoms with E-state index in [1.807, 2.05) is 6.07 Å². The topological polar surface area (TPSA) is 27.7 Å². The molecule has 0 aromatic heterocycles. The Labute approximate surface area is 102 Å². The van der Waals surface area contributed by atoms with Gasteiger partial charge in [-0.3, -0.25) is 0 Å². The molecule has 0 aliphatic carbocycles. The highest BCUT2D eigenvalue weighted by atomic mass is 79.9. The lowest BCUT2D eigenvalue weighted by molar-refractivity contribution is 0.322. The molecule has 0 unspecified atom stereocenters. The van der Waals surface area contributed by atoms with Gasteiger partial charge in [-0.1, -0.05) is 0 Å². The second kappa shape index (κ2) is 5.47. The third-order valence-corrected chi connectivity index (χ3v) is 3.15. The Kier molecular flexibility index (Phi) is 4.54. The Morgan fingerprint density at radius 1 is 1.13 bits per heavy atom. The van der Waals surface area contributed by atoms with Crippen LogP contribution in [0.15, 0.2) is 10.5 Å². The van der Waals surface area contributed by atoms with E-state index in [0.717, 1.165) is 10.0 Å². The van der Waals surface area contributed by atoms with Crippen molar-refractivity contribution in [2.45, 2.75) is 5.88 Å². The third kappa shape index (κ3) is 2.32. The molecule has 0 saturated carbocycles. The maximum atomic E-state index is 5.80. The zero-order valence-electron chi connectivity index (χ0n) is 8.77. The number of halogens is 2. The molecule has 0 saturated heterocycles. The summed E-state index contributed by atoms with van der Waals surface area (Å²) in [5.74, 6) is 2.12.